The lowest BCUT2D eigenvalue weighted by molar-refractivity contribution is -0.142. The van der Waals surface area contributed by atoms with Crippen molar-refractivity contribution in [1.29, 1.82) is 0 Å². The summed E-state index contributed by atoms with van der Waals surface area (Å²) in [7, 11) is 1.29. The molecule has 0 saturated heterocycles. The number of ether oxygens (including phenoxy) is 2. The van der Waals surface area contributed by atoms with Gasteiger partial charge in [0.1, 0.15) is 5.75 Å². The molecule has 0 atom stereocenters. The van der Waals surface area contributed by atoms with E-state index in [4.69, 9.17) is 27.9 Å². The number of aryl methyl sites for hydroxylation is 1. The number of rotatable bonds is 5. The lowest BCUT2D eigenvalue weighted by atomic mass is 10.1. The average molecular weight is 368 g/mol. The zero-order chi connectivity index (χ0) is 17.7. The van der Waals surface area contributed by atoms with Crippen LogP contribution in [0.3, 0.4) is 0 Å². The summed E-state index contributed by atoms with van der Waals surface area (Å²) in [6.07, 6.45) is 0. The second-order valence-electron chi connectivity index (χ2n) is 4.92. The Bertz CT molecular complexity index is 777. The summed E-state index contributed by atoms with van der Waals surface area (Å²) in [4.78, 5) is 23.4. The van der Waals surface area contributed by atoms with Crippen molar-refractivity contribution in [3.05, 3.63) is 57.6 Å². The van der Waals surface area contributed by atoms with Crippen molar-refractivity contribution in [3.63, 3.8) is 0 Å². The second-order valence-corrected chi connectivity index (χ2v) is 5.76. The fourth-order valence-electron chi connectivity index (χ4n) is 1.93. The predicted octanol–water partition coefficient (Wildman–Crippen LogP) is 4.11. The fraction of sp³-hybridized carbons (Fsp3) is 0.176. The van der Waals surface area contributed by atoms with Crippen LogP contribution in [0.4, 0.5) is 5.69 Å². The maximum atomic E-state index is 12.3. The summed E-state index contributed by atoms with van der Waals surface area (Å²) in [6, 6.07) is 9.71. The van der Waals surface area contributed by atoms with E-state index in [0.29, 0.717) is 21.5 Å². The lowest BCUT2D eigenvalue weighted by Crippen LogP contribution is -2.14. The van der Waals surface area contributed by atoms with Crippen molar-refractivity contribution in [2.75, 3.05) is 19.0 Å². The first-order valence-corrected chi connectivity index (χ1v) is 7.73. The Morgan fingerprint density at radius 2 is 1.88 bits per heavy atom. The van der Waals surface area contributed by atoms with E-state index < -0.39 is 5.97 Å². The molecule has 0 radical (unpaired) electrons. The summed E-state index contributed by atoms with van der Waals surface area (Å²) < 4.78 is 9.80. The van der Waals surface area contributed by atoms with Crippen LogP contribution < -0.4 is 10.1 Å². The molecule has 7 heteroatoms. The molecule has 2 aromatic rings. The van der Waals surface area contributed by atoms with Gasteiger partial charge in [0, 0.05) is 10.7 Å². The normalized spacial score (nSPS) is 10.2. The number of anilines is 1. The third-order valence-corrected chi connectivity index (χ3v) is 3.77. The number of carbonyl (C=O) groups is 2. The summed E-state index contributed by atoms with van der Waals surface area (Å²) in [5.41, 5.74) is 1.65. The molecular formula is C17H15Cl2NO4. The van der Waals surface area contributed by atoms with Crippen molar-refractivity contribution < 1.29 is 19.1 Å². The van der Waals surface area contributed by atoms with Crippen LogP contribution in [0, 0.1) is 6.92 Å². The third-order valence-electron chi connectivity index (χ3n) is 3.20. The van der Waals surface area contributed by atoms with Gasteiger partial charge in [-0.2, -0.15) is 0 Å². The van der Waals surface area contributed by atoms with Crippen molar-refractivity contribution in [2.24, 2.45) is 0 Å². The number of carbonyl (C=O) groups excluding carboxylic acids is 2. The molecule has 0 aliphatic heterocycles. The smallest absolute Gasteiger partial charge is 0.343 e. The highest BCUT2D eigenvalue weighted by molar-refractivity contribution is 6.36. The quantitative estimate of drug-likeness (QED) is 0.807. The number of amides is 1. The van der Waals surface area contributed by atoms with Crippen molar-refractivity contribution in [1.82, 2.24) is 0 Å². The Morgan fingerprint density at radius 3 is 2.54 bits per heavy atom. The van der Waals surface area contributed by atoms with Crippen LogP contribution in [-0.4, -0.2) is 25.6 Å². The SMILES string of the molecule is COC(=O)COc1ccc(NC(=O)c2cc(Cl)ccc2Cl)c(C)c1. The van der Waals surface area contributed by atoms with Crippen LogP contribution in [0.5, 0.6) is 5.75 Å². The van der Waals surface area contributed by atoms with Crippen LogP contribution in [0.1, 0.15) is 15.9 Å². The maximum Gasteiger partial charge on any atom is 0.343 e. The minimum absolute atomic E-state index is 0.181. The first-order valence-electron chi connectivity index (χ1n) is 6.97. The predicted molar refractivity (Wildman–Crippen MR) is 93.1 cm³/mol. The van der Waals surface area contributed by atoms with Crippen LogP contribution in [0.2, 0.25) is 10.0 Å². The van der Waals surface area contributed by atoms with Gasteiger partial charge in [0.25, 0.3) is 5.91 Å². The van der Waals surface area contributed by atoms with Crippen molar-refractivity contribution in [3.8, 4) is 5.75 Å². The van der Waals surface area contributed by atoms with Gasteiger partial charge < -0.3 is 14.8 Å². The molecule has 0 aromatic heterocycles. The fourth-order valence-corrected chi connectivity index (χ4v) is 2.30. The number of hydrogen-bond donors (Lipinski definition) is 1. The molecule has 1 N–H and O–H groups in total. The number of esters is 1. The van der Waals surface area contributed by atoms with Gasteiger partial charge in [0.15, 0.2) is 6.61 Å². The molecule has 0 spiro atoms. The maximum absolute atomic E-state index is 12.3. The van der Waals surface area contributed by atoms with E-state index in [1.165, 1.54) is 13.2 Å². The molecule has 0 aliphatic carbocycles. The van der Waals surface area contributed by atoms with Gasteiger partial charge in [-0.15, -0.1) is 0 Å². The van der Waals surface area contributed by atoms with Gasteiger partial charge in [-0.3, -0.25) is 4.79 Å². The van der Waals surface area contributed by atoms with Gasteiger partial charge in [-0.1, -0.05) is 23.2 Å². The van der Waals surface area contributed by atoms with Crippen molar-refractivity contribution >= 4 is 40.8 Å². The standard InChI is InChI=1S/C17H15Cl2NO4/c1-10-7-12(24-9-16(21)23-2)4-6-15(10)20-17(22)13-8-11(18)3-5-14(13)19/h3-8H,9H2,1-2H3,(H,20,22). The second kappa shape index (κ2) is 8.04. The van der Waals surface area contributed by atoms with E-state index in [9.17, 15) is 9.59 Å². The van der Waals surface area contributed by atoms with Gasteiger partial charge in [-0.05, 0) is 48.9 Å². The van der Waals surface area contributed by atoms with E-state index >= 15 is 0 Å². The molecular weight excluding hydrogens is 353 g/mol. The van der Waals surface area contributed by atoms with Crippen LogP contribution in [-0.2, 0) is 9.53 Å². The van der Waals surface area contributed by atoms with Gasteiger partial charge in [0.05, 0.1) is 17.7 Å². The van der Waals surface area contributed by atoms with Gasteiger partial charge >= 0.3 is 5.97 Å². The van der Waals surface area contributed by atoms with E-state index in [1.807, 2.05) is 0 Å². The number of hydrogen-bond acceptors (Lipinski definition) is 4. The largest absolute Gasteiger partial charge is 0.482 e. The van der Waals surface area contributed by atoms with Crippen LogP contribution in [0.15, 0.2) is 36.4 Å². The molecule has 0 fully saturated rings. The summed E-state index contributed by atoms with van der Waals surface area (Å²) in [5, 5.41) is 3.51. The number of halogens is 2. The zero-order valence-electron chi connectivity index (χ0n) is 13.1. The molecule has 0 bridgehead atoms. The third kappa shape index (κ3) is 4.63. The molecule has 24 heavy (non-hydrogen) atoms. The van der Waals surface area contributed by atoms with Crippen LogP contribution in [0.25, 0.3) is 0 Å². The molecule has 1 amide bonds. The zero-order valence-corrected chi connectivity index (χ0v) is 14.6. The Balaban J connectivity index is 2.11. The topological polar surface area (TPSA) is 64.6 Å². The van der Waals surface area contributed by atoms with E-state index in [2.05, 4.69) is 10.1 Å². The number of methoxy groups -OCH3 is 1. The highest BCUT2D eigenvalue weighted by Crippen LogP contribution is 2.25. The Labute approximate surface area is 149 Å². The van der Waals surface area contributed by atoms with Gasteiger partial charge in [-0.25, -0.2) is 4.79 Å². The summed E-state index contributed by atoms with van der Waals surface area (Å²) in [6.45, 7) is 1.62. The van der Waals surface area contributed by atoms with Gasteiger partial charge in [0.2, 0.25) is 0 Å². The minimum atomic E-state index is -0.472. The van der Waals surface area contributed by atoms with Crippen LogP contribution >= 0.6 is 23.2 Å². The Morgan fingerprint density at radius 1 is 1.12 bits per heavy atom. The monoisotopic (exact) mass is 367 g/mol. The molecule has 5 nitrogen and oxygen atoms in total. The molecule has 0 saturated carbocycles. The molecule has 0 aliphatic rings. The Hall–Kier alpha value is -2.24. The van der Waals surface area contributed by atoms with E-state index in [0.717, 1.165) is 5.56 Å². The lowest BCUT2D eigenvalue weighted by Gasteiger charge is -2.12. The minimum Gasteiger partial charge on any atom is -0.482 e. The molecule has 0 heterocycles. The van der Waals surface area contributed by atoms with E-state index in [-0.39, 0.29) is 18.1 Å². The molecule has 126 valence electrons. The summed E-state index contributed by atoms with van der Waals surface area (Å²) in [5.74, 6) is -0.342. The average Bonchev–Trinajstić information content (AvgIpc) is 2.56. The summed E-state index contributed by atoms with van der Waals surface area (Å²) >= 11 is 11.9. The molecule has 0 unspecified atom stereocenters. The highest BCUT2D eigenvalue weighted by Gasteiger charge is 2.13. The number of benzene rings is 2. The number of nitrogens with one attached hydrogen (secondary N) is 1. The highest BCUT2D eigenvalue weighted by atomic mass is 35.5. The Kier molecular flexibility index (Phi) is 6.06. The first kappa shape index (κ1) is 18.1. The molecule has 2 rings (SSSR count). The first-order chi connectivity index (χ1) is 11.4. The molecule has 2 aromatic carbocycles. The van der Waals surface area contributed by atoms with E-state index in [1.54, 1.807) is 37.3 Å². The van der Waals surface area contributed by atoms with Crippen molar-refractivity contribution in [2.45, 2.75) is 6.92 Å².